The SMILES string of the molecule is CC(=O)[O-].CC(=O)[O-].CC(=O)[O-].CC(=O)[O-].O.O.O.O.[W]. The summed E-state index contributed by atoms with van der Waals surface area (Å²) in [4.78, 5) is 35.6. The van der Waals surface area contributed by atoms with E-state index in [1.165, 1.54) is 0 Å². The van der Waals surface area contributed by atoms with Crippen LogP contribution in [0.3, 0.4) is 0 Å². The number of rotatable bonds is 0. The van der Waals surface area contributed by atoms with Crippen LogP contribution in [-0.4, -0.2) is 45.8 Å². The van der Waals surface area contributed by atoms with Gasteiger partial charge in [-0.2, -0.15) is 0 Å². The zero-order valence-electron chi connectivity index (χ0n) is 11.7. The Kier molecular flexibility index (Phi) is 149. The molecule has 0 aliphatic carbocycles. The van der Waals surface area contributed by atoms with Gasteiger partial charge < -0.3 is 61.5 Å². The summed E-state index contributed by atoms with van der Waals surface area (Å²) in [6.07, 6.45) is 0. The Bertz CT molecular complexity index is 165. The topological polar surface area (TPSA) is 287 Å². The van der Waals surface area contributed by atoms with Gasteiger partial charge in [0.25, 0.3) is 0 Å². The molecule has 0 bridgehead atoms. The van der Waals surface area contributed by atoms with Crippen molar-refractivity contribution < 1.29 is 82.6 Å². The Labute approximate surface area is 134 Å². The third-order valence-corrected chi connectivity index (χ3v) is 0. The van der Waals surface area contributed by atoms with Crippen LogP contribution >= 0.6 is 0 Å². The first-order valence-electron chi connectivity index (χ1n) is 3.63. The van der Waals surface area contributed by atoms with Crippen molar-refractivity contribution in [2.75, 3.05) is 0 Å². The third-order valence-electron chi connectivity index (χ3n) is 0. The molecular weight excluding hydrogens is 472 g/mol. The number of carbonyl (C=O) groups excluding carboxylic acids is 4. The molecule has 0 saturated heterocycles. The van der Waals surface area contributed by atoms with Crippen LogP contribution in [0.4, 0.5) is 0 Å². The molecule has 0 atom stereocenters. The Morgan fingerprint density at radius 2 is 0.476 bits per heavy atom. The molecule has 21 heavy (non-hydrogen) atoms. The molecule has 13 heteroatoms. The molecule has 0 fully saturated rings. The van der Waals surface area contributed by atoms with Gasteiger partial charge in [-0.1, -0.05) is 0 Å². The van der Waals surface area contributed by atoms with Crippen molar-refractivity contribution in [2.24, 2.45) is 0 Å². The van der Waals surface area contributed by atoms with Gasteiger partial charge in [-0.15, -0.1) is 0 Å². The average Bonchev–Trinajstić information content (AvgIpc) is 1.76. The molecule has 134 valence electrons. The normalized spacial score (nSPS) is 4.76. The number of carboxylic acid groups (broad SMARTS) is 4. The van der Waals surface area contributed by atoms with Crippen LogP contribution in [0.2, 0.25) is 0 Å². The summed E-state index contributed by atoms with van der Waals surface area (Å²) in [7, 11) is 0. The number of hydrogen-bond donors (Lipinski definition) is 0. The molecule has 8 N–H and O–H groups in total. The molecule has 12 nitrogen and oxygen atoms in total. The van der Waals surface area contributed by atoms with Crippen LogP contribution in [0.15, 0.2) is 0 Å². The Morgan fingerprint density at radius 3 is 0.476 bits per heavy atom. The monoisotopic (exact) mass is 492 g/mol. The van der Waals surface area contributed by atoms with E-state index in [1.807, 2.05) is 0 Å². The summed E-state index contributed by atoms with van der Waals surface area (Å²) in [5, 5.41) is 35.6. The first kappa shape index (κ1) is 60.7. The maximum atomic E-state index is 8.89. The van der Waals surface area contributed by atoms with Gasteiger partial charge >= 0.3 is 0 Å². The zero-order chi connectivity index (χ0) is 14.3. The van der Waals surface area contributed by atoms with Crippen molar-refractivity contribution in [3.05, 3.63) is 0 Å². The van der Waals surface area contributed by atoms with E-state index in [-0.39, 0.29) is 43.0 Å². The van der Waals surface area contributed by atoms with Gasteiger partial charge in [0.15, 0.2) is 0 Å². The fourth-order valence-corrected chi connectivity index (χ4v) is 0. The third kappa shape index (κ3) is 1960. The minimum absolute atomic E-state index is 0. The summed E-state index contributed by atoms with van der Waals surface area (Å²) in [5.74, 6) is -4.33. The van der Waals surface area contributed by atoms with Crippen molar-refractivity contribution in [3.8, 4) is 0 Å². The van der Waals surface area contributed by atoms with Crippen molar-refractivity contribution in [2.45, 2.75) is 27.7 Å². The molecule has 0 saturated carbocycles. The first-order chi connectivity index (χ1) is 6.93. The van der Waals surface area contributed by atoms with Crippen LogP contribution in [0.25, 0.3) is 0 Å². The van der Waals surface area contributed by atoms with Gasteiger partial charge in [0, 0.05) is 44.9 Å². The van der Waals surface area contributed by atoms with E-state index in [0.717, 1.165) is 27.7 Å². The minimum Gasteiger partial charge on any atom is -0.550 e. The van der Waals surface area contributed by atoms with E-state index in [2.05, 4.69) is 0 Å². The maximum absolute atomic E-state index is 8.89. The summed E-state index contributed by atoms with van der Waals surface area (Å²) in [6.45, 7) is 3.89. The molecule has 0 unspecified atom stereocenters. The second-order valence-electron chi connectivity index (χ2n) is 1.97. The summed E-state index contributed by atoms with van der Waals surface area (Å²) in [6, 6.07) is 0. The molecule has 0 radical (unpaired) electrons. The predicted molar refractivity (Wildman–Crippen MR) is 57.2 cm³/mol. The summed E-state index contributed by atoms with van der Waals surface area (Å²) in [5.41, 5.74) is 0. The van der Waals surface area contributed by atoms with E-state index in [9.17, 15) is 0 Å². The molecule has 0 aromatic carbocycles. The average molecular weight is 492 g/mol. The van der Waals surface area contributed by atoms with Crippen LogP contribution in [-0.2, 0) is 40.2 Å². The van der Waals surface area contributed by atoms with E-state index in [4.69, 9.17) is 39.6 Å². The Morgan fingerprint density at radius 1 is 0.476 bits per heavy atom. The first-order valence-corrected chi connectivity index (χ1v) is 3.63. The molecule has 0 amide bonds. The molecule has 0 aliphatic rings. The van der Waals surface area contributed by atoms with Crippen LogP contribution in [0.5, 0.6) is 0 Å². The Balaban J connectivity index is -0.0000000121. The smallest absolute Gasteiger partial charge is 0.0383 e. The summed E-state index contributed by atoms with van der Waals surface area (Å²) >= 11 is 0. The second-order valence-corrected chi connectivity index (χ2v) is 1.97. The fraction of sp³-hybridized carbons (Fsp3) is 0.500. The second kappa shape index (κ2) is 51.5. The van der Waals surface area contributed by atoms with Gasteiger partial charge in [0.2, 0.25) is 0 Å². The minimum atomic E-state index is -1.08. The molecule has 0 rings (SSSR count). The molecule has 0 aromatic rings. The van der Waals surface area contributed by atoms with Gasteiger partial charge in [-0.05, 0) is 27.7 Å². The van der Waals surface area contributed by atoms with E-state index < -0.39 is 23.9 Å². The fourth-order valence-electron chi connectivity index (χ4n) is 0. The van der Waals surface area contributed by atoms with Crippen LogP contribution in [0.1, 0.15) is 27.7 Å². The van der Waals surface area contributed by atoms with Crippen molar-refractivity contribution >= 4 is 23.9 Å². The molecular formula is C8H20O12W-4. The predicted octanol–water partition coefficient (Wildman–Crippen LogP) is -8.28. The van der Waals surface area contributed by atoms with E-state index in [1.54, 1.807) is 0 Å². The van der Waals surface area contributed by atoms with E-state index >= 15 is 0 Å². The van der Waals surface area contributed by atoms with Crippen molar-refractivity contribution in [3.63, 3.8) is 0 Å². The van der Waals surface area contributed by atoms with Crippen LogP contribution in [0, 0.1) is 0 Å². The maximum Gasteiger partial charge on any atom is 0.0383 e. The number of carbonyl (C=O) groups is 4. The standard InChI is InChI=1S/4C2H4O2.4H2O.W/c4*1-2(3)4;;;;;/h4*1H3,(H,3,4);4*1H2;/p-4. The van der Waals surface area contributed by atoms with Gasteiger partial charge in [0.1, 0.15) is 0 Å². The van der Waals surface area contributed by atoms with Crippen LogP contribution < -0.4 is 20.4 Å². The van der Waals surface area contributed by atoms with Crippen molar-refractivity contribution in [1.29, 1.82) is 0 Å². The molecule has 0 heterocycles. The zero-order valence-corrected chi connectivity index (χ0v) is 14.6. The molecule has 0 spiro atoms. The van der Waals surface area contributed by atoms with Gasteiger partial charge in [-0.25, -0.2) is 0 Å². The quantitative estimate of drug-likeness (QED) is 0.312. The summed E-state index contributed by atoms with van der Waals surface area (Å²) < 4.78 is 0. The molecule has 0 aromatic heterocycles. The van der Waals surface area contributed by atoms with E-state index in [0.29, 0.717) is 0 Å². The number of hydrogen-bond acceptors (Lipinski definition) is 8. The van der Waals surface area contributed by atoms with Gasteiger partial charge in [-0.3, -0.25) is 0 Å². The largest absolute Gasteiger partial charge is 0.550 e. The Hall–Kier alpha value is -1.59. The number of carboxylic acids is 4. The van der Waals surface area contributed by atoms with Crippen molar-refractivity contribution in [1.82, 2.24) is 0 Å². The van der Waals surface area contributed by atoms with Gasteiger partial charge in [0.05, 0.1) is 0 Å². The number of aliphatic carboxylic acids is 4. The molecule has 0 aliphatic heterocycles.